The highest BCUT2D eigenvalue weighted by molar-refractivity contribution is 6.33. The zero-order valence-electron chi connectivity index (χ0n) is 16.1. The minimum absolute atomic E-state index is 0.0622. The number of aryl methyl sites for hydroxylation is 1. The van der Waals surface area contributed by atoms with E-state index in [1.807, 2.05) is 51.1 Å². The molecule has 0 atom stereocenters. The van der Waals surface area contributed by atoms with Crippen molar-refractivity contribution in [1.82, 2.24) is 4.90 Å². The Labute approximate surface area is 165 Å². The fourth-order valence-electron chi connectivity index (χ4n) is 3.07. The second-order valence-corrected chi connectivity index (χ2v) is 6.32. The van der Waals surface area contributed by atoms with E-state index in [9.17, 15) is 8.78 Å². The predicted molar refractivity (Wildman–Crippen MR) is 111 cm³/mol. The molecular weight excluding hydrogens is 364 g/mol. The molecule has 0 aromatic heterocycles. The molecule has 4 heteroatoms. The average Bonchev–Trinajstić information content (AvgIpc) is 2.66. The lowest BCUT2D eigenvalue weighted by Gasteiger charge is -2.34. The first kappa shape index (κ1) is 20.9. The van der Waals surface area contributed by atoms with Gasteiger partial charge in [0.1, 0.15) is 11.6 Å². The molecule has 1 aliphatic heterocycles. The second-order valence-electron chi connectivity index (χ2n) is 5.92. The zero-order valence-corrected chi connectivity index (χ0v) is 16.9. The first-order valence-corrected chi connectivity index (χ1v) is 9.41. The first-order chi connectivity index (χ1) is 12.9. The molecule has 142 valence electrons. The summed E-state index contributed by atoms with van der Waals surface area (Å²) in [5.41, 5.74) is 2.94. The van der Waals surface area contributed by atoms with Gasteiger partial charge in [0, 0.05) is 12.1 Å². The summed E-state index contributed by atoms with van der Waals surface area (Å²) in [6.07, 6.45) is 1.72. The van der Waals surface area contributed by atoms with Gasteiger partial charge in [-0.15, -0.1) is 0 Å². The average molecular weight is 388 g/mol. The van der Waals surface area contributed by atoms with E-state index in [1.54, 1.807) is 17.9 Å². The Kier molecular flexibility index (Phi) is 6.98. The van der Waals surface area contributed by atoms with Crippen LogP contribution < -0.4 is 0 Å². The third-order valence-electron chi connectivity index (χ3n) is 4.22. The van der Waals surface area contributed by atoms with Gasteiger partial charge in [-0.2, -0.15) is 0 Å². The molecule has 0 fully saturated rings. The standard InChI is InChI=1S/C21H18ClF2N.C2H6/c1-4-25-14(3)17(22)12-16(15-8-6-5-7-9-15)21(25)20-18(23)10-13(2)11-19(20)24;1-2/h5-12H,3-4H2,1-2H3;1-2H3. The van der Waals surface area contributed by atoms with Crippen LogP contribution in [0.3, 0.4) is 0 Å². The van der Waals surface area contributed by atoms with Crippen LogP contribution in [0.25, 0.3) is 11.3 Å². The minimum atomic E-state index is -0.599. The lowest BCUT2D eigenvalue weighted by atomic mass is 9.93. The van der Waals surface area contributed by atoms with Crippen LogP contribution in [0.5, 0.6) is 0 Å². The zero-order chi connectivity index (χ0) is 20.1. The highest BCUT2D eigenvalue weighted by Gasteiger charge is 2.28. The topological polar surface area (TPSA) is 3.24 Å². The third-order valence-corrected chi connectivity index (χ3v) is 4.55. The summed E-state index contributed by atoms with van der Waals surface area (Å²) in [7, 11) is 0. The Hall–Kier alpha value is -2.39. The molecule has 2 aromatic rings. The molecule has 2 aromatic carbocycles. The summed E-state index contributed by atoms with van der Waals surface area (Å²) in [6.45, 7) is 12.0. The molecule has 27 heavy (non-hydrogen) atoms. The van der Waals surface area contributed by atoms with E-state index in [4.69, 9.17) is 11.6 Å². The van der Waals surface area contributed by atoms with Gasteiger partial charge in [-0.3, -0.25) is 0 Å². The van der Waals surface area contributed by atoms with E-state index in [0.717, 1.165) is 5.56 Å². The van der Waals surface area contributed by atoms with Crippen LogP contribution in [0.1, 0.15) is 37.5 Å². The van der Waals surface area contributed by atoms with Gasteiger partial charge in [0.15, 0.2) is 0 Å². The largest absolute Gasteiger partial charge is 0.340 e. The number of likely N-dealkylation sites (N-methyl/N-ethyl adjacent to an activating group) is 1. The molecule has 0 bridgehead atoms. The maximum Gasteiger partial charge on any atom is 0.135 e. The van der Waals surface area contributed by atoms with Crippen molar-refractivity contribution >= 4 is 22.9 Å². The van der Waals surface area contributed by atoms with E-state index in [0.29, 0.717) is 34.1 Å². The molecule has 0 saturated heterocycles. The summed E-state index contributed by atoms with van der Waals surface area (Å²) < 4.78 is 29.5. The van der Waals surface area contributed by atoms with Crippen molar-refractivity contribution < 1.29 is 8.78 Å². The van der Waals surface area contributed by atoms with Gasteiger partial charge >= 0.3 is 0 Å². The molecule has 0 saturated carbocycles. The monoisotopic (exact) mass is 387 g/mol. The second kappa shape index (κ2) is 9.01. The number of benzene rings is 2. The Morgan fingerprint density at radius 3 is 2.11 bits per heavy atom. The Morgan fingerprint density at radius 2 is 1.59 bits per heavy atom. The molecule has 3 rings (SSSR count). The molecule has 0 radical (unpaired) electrons. The van der Waals surface area contributed by atoms with Gasteiger partial charge in [-0.1, -0.05) is 62.4 Å². The van der Waals surface area contributed by atoms with Gasteiger partial charge in [-0.05, 0) is 43.2 Å². The van der Waals surface area contributed by atoms with Crippen molar-refractivity contribution in [3.8, 4) is 0 Å². The highest BCUT2D eigenvalue weighted by Crippen LogP contribution is 2.41. The smallest absolute Gasteiger partial charge is 0.135 e. The predicted octanol–water partition coefficient (Wildman–Crippen LogP) is 7.14. The Balaban J connectivity index is 0.00000126. The van der Waals surface area contributed by atoms with Crippen molar-refractivity contribution in [2.45, 2.75) is 27.7 Å². The van der Waals surface area contributed by atoms with Crippen LogP contribution in [0.4, 0.5) is 8.78 Å². The Bertz CT molecular complexity index is 875. The van der Waals surface area contributed by atoms with Crippen LogP contribution in [0.2, 0.25) is 0 Å². The molecule has 0 amide bonds. The van der Waals surface area contributed by atoms with Crippen LogP contribution in [0.15, 0.2) is 65.8 Å². The van der Waals surface area contributed by atoms with Crippen molar-refractivity contribution in [3.63, 3.8) is 0 Å². The van der Waals surface area contributed by atoms with E-state index in [1.165, 1.54) is 12.1 Å². The molecule has 1 heterocycles. The molecule has 1 nitrogen and oxygen atoms in total. The van der Waals surface area contributed by atoms with E-state index in [-0.39, 0.29) is 5.56 Å². The number of hydrogen-bond acceptors (Lipinski definition) is 1. The summed E-state index contributed by atoms with van der Waals surface area (Å²) in [4.78, 5) is 1.75. The van der Waals surface area contributed by atoms with Crippen molar-refractivity contribution in [2.75, 3.05) is 6.54 Å². The normalized spacial score (nSPS) is 14.0. The lowest BCUT2D eigenvalue weighted by Crippen LogP contribution is -2.26. The third kappa shape index (κ3) is 4.14. The quantitative estimate of drug-likeness (QED) is 0.541. The van der Waals surface area contributed by atoms with E-state index in [2.05, 4.69) is 6.58 Å². The van der Waals surface area contributed by atoms with Crippen LogP contribution in [0, 0.1) is 18.6 Å². The fourth-order valence-corrected chi connectivity index (χ4v) is 3.28. The molecule has 0 spiro atoms. The SMILES string of the molecule is C=C1C(Cl)=CC(c2ccccc2)=C(c2c(F)cc(C)cc2F)N1CC.CC. The van der Waals surface area contributed by atoms with Crippen molar-refractivity contribution in [2.24, 2.45) is 0 Å². The number of nitrogens with zero attached hydrogens (tertiary/aromatic N) is 1. The molecule has 0 aliphatic carbocycles. The van der Waals surface area contributed by atoms with Crippen LogP contribution in [-0.4, -0.2) is 11.4 Å². The molecule has 0 unspecified atom stereocenters. The molecule has 1 aliphatic rings. The Morgan fingerprint density at radius 1 is 1.04 bits per heavy atom. The highest BCUT2D eigenvalue weighted by atomic mass is 35.5. The van der Waals surface area contributed by atoms with Gasteiger partial charge < -0.3 is 4.90 Å². The van der Waals surface area contributed by atoms with Crippen molar-refractivity contribution in [3.05, 3.63) is 94.2 Å². The van der Waals surface area contributed by atoms with Crippen molar-refractivity contribution in [1.29, 1.82) is 0 Å². The van der Waals surface area contributed by atoms with Crippen LogP contribution in [-0.2, 0) is 0 Å². The van der Waals surface area contributed by atoms with Gasteiger partial charge in [0.2, 0.25) is 0 Å². The summed E-state index contributed by atoms with van der Waals surface area (Å²) >= 11 is 6.34. The fraction of sp³-hybridized carbons (Fsp3) is 0.217. The number of hydrogen-bond donors (Lipinski definition) is 0. The number of allylic oxidation sites excluding steroid dienone is 3. The van der Waals surface area contributed by atoms with Gasteiger partial charge in [0.25, 0.3) is 0 Å². The minimum Gasteiger partial charge on any atom is -0.340 e. The van der Waals surface area contributed by atoms with E-state index >= 15 is 0 Å². The van der Waals surface area contributed by atoms with E-state index < -0.39 is 11.6 Å². The maximum atomic E-state index is 14.7. The number of rotatable bonds is 3. The maximum absolute atomic E-state index is 14.7. The molecule has 0 N–H and O–H groups in total. The summed E-state index contributed by atoms with van der Waals surface area (Å²) in [5.74, 6) is -1.20. The van der Waals surface area contributed by atoms with Crippen LogP contribution >= 0.6 is 11.6 Å². The number of halogens is 3. The summed E-state index contributed by atoms with van der Waals surface area (Å²) in [5, 5.41) is 0.456. The summed E-state index contributed by atoms with van der Waals surface area (Å²) in [6, 6.07) is 12.1. The van der Waals surface area contributed by atoms with Gasteiger partial charge in [-0.25, -0.2) is 8.78 Å². The lowest BCUT2D eigenvalue weighted by molar-refractivity contribution is 0.508. The molecular formula is C23H24ClF2N. The van der Waals surface area contributed by atoms with Gasteiger partial charge in [0.05, 0.1) is 22.0 Å². The first-order valence-electron chi connectivity index (χ1n) is 9.03.